The highest BCUT2D eigenvalue weighted by molar-refractivity contribution is 7.92. The normalized spacial score (nSPS) is 12.7. The number of amides is 2. The van der Waals surface area contributed by atoms with Crippen LogP contribution < -0.4 is 9.62 Å². The lowest BCUT2D eigenvalue weighted by atomic mass is 10.0. The summed E-state index contributed by atoms with van der Waals surface area (Å²) >= 11 is 6.22. The topological polar surface area (TPSA) is 86.8 Å². The minimum Gasteiger partial charge on any atom is -0.352 e. The minimum absolute atomic E-state index is 0.0145. The third-order valence-corrected chi connectivity index (χ3v) is 9.86. The third kappa shape index (κ3) is 8.73. The molecule has 0 spiro atoms. The van der Waals surface area contributed by atoms with E-state index in [1.54, 1.807) is 49.4 Å². The van der Waals surface area contributed by atoms with Gasteiger partial charge in [-0.3, -0.25) is 13.9 Å². The molecule has 4 aromatic rings. The van der Waals surface area contributed by atoms with Crippen molar-refractivity contribution in [1.29, 1.82) is 0 Å². The molecule has 0 aliphatic rings. The largest absolute Gasteiger partial charge is 0.352 e. The van der Waals surface area contributed by atoms with Crippen LogP contribution in [0.4, 0.5) is 10.1 Å². The Morgan fingerprint density at radius 1 is 0.891 bits per heavy atom. The lowest BCUT2D eigenvalue weighted by Gasteiger charge is -2.34. The number of carbonyl (C=O) groups is 2. The minimum atomic E-state index is -4.25. The number of hydrogen-bond donors (Lipinski definition) is 1. The zero-order valence-electron chi connectivity index (χ0n) is 26.4. The second-order valence-electron chi connectivity index (χ2n) is 11.4. The quantitative estimate of drug-likeness (QED) is 0.170. The molecule has 0 aromatic heterocycles. The van der Waals surface area contributed by atoms with Gasteiger partial charge in [-0.05, 0) is 86.3 Å². The van der Waals surface area contributed by atoms with E-state index in [0.717, 1.165) is 15.4 Å². The van der Waals surface area contributed by atoms with Crippen LogP contribution in [0.3, 0.4) is 0 Å². The smallest absolute Gasteiger partial charge is 0.264 e. The van der Waals surface area contributed by atoms with E-state index >= 15 is 0 Å². The number of rotatable bonds is 13. The SMILES string of the molecule is CC[C@H](C)NC(=O)[C@@H](Cc1ccccc1)N(Cc1ccc(F)cc1)C(=O)CN(c1ccc(Cl)cc1C)S(=O)(=O)c1ccc(C)cc1. The summed E-state index contributed by atoms with van der Waals surface area (Å²) in [6.07, 6.45) is 0.856. The van der Waals surface area contributed by atoms with Gasteiger partial charge >= 0.3 is 0 Å². The Kier molecular flexibility index (Phi) is 11.6. The van der Waals surface area contributed by atoms with Crippen LogP contribution in [0, 0.1) is 19.7 Å². The summed E-state index contributed by atoms with van der Waals surface area (Å²) in [5, 5.41) is 3.42. The fourth-order valence-electron chi connectivity index (χ4n) is 5.03. The van der Waals surface area contributed by atoms with E-state index in [1.807, 2.05) is 51.1 Å². The summed E-state index contributed by atoms with van der Waals surface area (Å²) in [6.45, 7) is 6.75. The maximum Gasteiger partial charge on any atom is 0.264 e. The molecule has 4 rings (SSSR count). The molecule has 0 saturated heterocycles. The number of hydrogen-bond acceptors (Lipinski definition) is 4. The molecule has 0 heterocycles. The van der Waals surface area contributed by atoms with Crippen molar-refractivity contribution >= 4 is 39.1 Å². The number of nitrogens with one attached hydrogen (secondary N) is 1. The molecule has 46 heavy (non-hydrogen) atoms. The Morgan fingerprint density at radius 3 is 2.15 bits per heavy atom. The van der Waals surface area contributed by atoms with E-state index in [0.29, 0.717) is 22.6 Å². The monoisotopic (exact) mass is 663 g/mol. The molecule has 1 N–H and O–H groups in total. The average Bonchev–Trinajstić information content (AvgIpc) is 3.03. The van der Waals surface area contributed by atoms with Gasteiger partial charge in [-0.1, -0.05) is 78.7 Å². The van der Waals surface area contributed by atoms with Crippen molar-refractivity contribution in [2.75, 3.05) is 10.8 Å². The highest BCUT2D eigenvalue weighted by Gasteiger charge is 2.35. The van der Waals surface area contributed by atoms with E-state index in [4.69, 9.17) is 11.6 Å². The zero-order chi connectivity index (χ0) is 33.4. The molecule has 0 bridgehead atoms. The van der Waals surface area contributed by atoms with Crippen molar-refractivity contribution < 1.29 is 22.4 Å². The van der Waals surface area contributed by atoms with Crippen LogP contribution in [0.25, 0.3) is 0 Å². The molecular weight excluding hydrogens is 625 g/mol. The molecule has 0 fully saturated rings. The first-order valence-electron chi connectivity index (χ1n) is 15.1. The number of anilines is 1. The van der Waals surface area contributed by atoms with Gasteiger partial charge in [0.15, 0.2) is 0 Å². The van der Waals surface area contributed by atoms with Crippen molar-refractivity contribution in [3.05, 3.63) is 130 Å². The Morgan fingerprint density at radius 2 is 1.54 bits per heavy atom. The number of carbonyl (C=O) groups excluding carboxylic acids is 2. The van der Waals surface area contributed by atoms with Crippen LogP contribution in [0.15, 0.2) is 102 Å². The van der Waals surface area contributed by atoms with Crippen LogP contribution >= 0.6 is 11.6 Å². The van der Waals surface area contributed by atoms with Crippen LogP contribution in [-0.2, 0) is 32.6 Å². The van der Waals surface area contributed by atoms with Gasteiger partial charge in [-0.15, -0.1) is 0 Å². The summed E-state index contributed by atoms with van der Waals surface area (Å²) in [6, 6.07) is 25.0. The Bertz CT molecular complexity index is 1750. The number of sulfonamides is 1. The lowest BCUT2D eigenvalue weighted by molar-refractivity contribution is -0.140. The van der Waals surface area contributed by atoms with E-state index in [9.17, 15) is 22.4 Å². The van der Waals surface area contributed by atoms with Crippen molar-refractivity contribution in [3.63, 3.8) is 0 Å². The second kappa shape index (κ2) is 15.4. The van der Waals surface area contributed by atoms with E-state index in [1.165, 1.54) is 29.2 Å². The first-order chi connectivity index (χ1) is 21.9. The van der Waals surface area contributed by atoms with Gasteiger partial charge in [-0.2, -0.15) is 0 Å². The van der Waals surface area contributed by atoms with Crippen LogP contribution in [0.2, 0.25) is 5.02 Å². The molecule has 4 aromatic carbocycles. The lowest BCUT2D eigenvalue weighted by Crippen LogP contribution is -2.54. The van der Waals surface area contributed by atoms with Crippen LogP contribution in [0.1, 0.15) is 42.5 Å². The zero-order valence-corrected chi connectivity index (χ0v) is 28.0. The second-order valence-corrected chi connectivity index (χ2v) is 13.7. The number of benzene rings is 4. The molecule has 0 radical (unpaired) electrons. The van der Waals surface area contributed by atoms with Gasteiger partial charge in [-0.25, -0.2) is 12.8 Å². The third-order valence-electron chi connectivity index (χ3n) is 7.85. The Hall–Kier alpha value is -4.21. The molecule has 7 nitrogen and oxygen atoms in total. The molecule has 2 atom stereocenters. The van der Waals surface area contributed by atoms with Gasteiger partial charge in [0, 0.05) is 24.0 Å². The van der Waals surface area contributed by atoms with Gasteiger partial charge in [0.25, 0.3) is 10.0 Å². The summed E-state index contributed by atoms with van der Waals surface area (Å²) < 4.78 is 43.4. The van der Waals surface area contributed by atoms with Crippen molar-refractivity contribution in [2.45, 2.75) is 64.1 Å². The van der Waals surface area contributed by atoms with Crippen molar-refractivity contribution in [1.82, 2.24) is 10.2 Å². The number of nitrogens with zero attached hydrogens (tertiary/aromatic N) is 2. The predicted molar refractivity (Wildman–Crippen MR) is 181 cm³/mol. The summed E-state index contributed by atoms with van der Waals surface area (Å²) in [5.41, 5.74) is 3.12. The molecule has 0 saturated carbocycles. The van der Waals surface area contributed by atoms with Crippen LogP contribution in [0.5, 0.6) is 0 Å². The maximum absolute atomic E-state index is 14.5. The molecule has 242 valence electrons. The number of aryl methyl sites for hydroxylation is 2. The van der Waals surface area contributed by atoms with Crippen molar-refractivity contribution in [3.8, 4) is 0 Å². The van der Waals surface area contributed by atoms with Crippen LogP contribution in [-0.4, -0.2) is 43.8 Å². The first kappa shape index (κ1) is 34.7. The fourth-order valence-corrected chi connectivity index (χ4v) is 6.74. The molecular formula is C36H39ClFN3O4S. The first-order valence-corrected chi connectivity index (χ1v) is 16.9. The van der Waals surface area contributed by atoms with Gasteiger partial charge < -0.3 is 10.2 Å². The standard InChI is InChI=1S/C36H39ClFN3O4S/c1-5-27(4)39-36(43)34(22-28-9-7-6-8-10-28)40(23-29-13-16-31(38)17-14-29)35(42)24-41(33-20-15-30(37)21-26(33)3)46(44,45)32-18-11-25(2)12-19-32/h6-21,27,34H,5,22-24H2,1-4H3,(H,39,43)/t27-,34+/m0/s1. The molecule has 10 heteroatoms. The molecule has 2 amide bonds. The highest BCUT2D eigenvalue weighted by Crippen LogP contribution is 2.30. The van der Waals surface area contributed by atoms with E-state index in [-0.39, 0.29) is 35.5 Å². The predicted octanol–water partition coefficient (Wildman–Crippen LogP) is 6.85. The number of halogens is 2. The van der Waals surface area contributed by atoms with E-state index < -0.39 is 34.3 Å². The van der Waals surface area contributed by atoms with Gasteiger partial charge in [0.2, 0.25) is 11.8 Å². The van der Waals surface area contributed by atoms with Gasteiger partial charge in [0.1, 0.15) is 18.4 Å². The Balaban J connectivity index is 1.83. The Labute approximate surface area is 276 Å². The maximum atomic E-state index is 14.5. The summed E-state index contributed by atoms with van der Waals surface area (Å²) in [7, 11) is -4.25. The molecule has 0 aliphatic carbocycles. The highest BCUT2D eigenvalue weighted by atomic mass is 35.5. The van der Waals surface area contributed by atoms with Crippen molar-refractivity contribution in [2.24, 2.45) is 0 Å². The molecule has 0 unspecified atom stereocenters. The van der Waals surface area contributed by atoms with Gasteiger partial charge in [0.05, 0.1) is 10.6 Å². The average molecular weight is 664 g/mol. The molecule has 0 aliphatic heterocycles. The van der Waals surface area contributed by atoms with E-state index in [2.05, 4.69) is 5.32 Å². The fraction of sp³-hybridized carbons (Fsp3) is 0.278. The summed E-state index contributed by atoms with van der Waals surface area (Å²) in [5.74, 6) is -1.41. The summed E-state index contributed by atoms with van der Waals surface area (Å²) in [4.78, 5) is 29.8.